The van der Waals surface area contributed by atoms with Gasteiger partial charge in [0.25, 0.3) is 0 Å². The second-order valence-corrected chi connectivity index (χ2v) is 4.45. The molecule has 3 heterocycles. The number of likely N-dealkylation sites (tertiary alicyclic amines) is 1. The van der Waals surface area contributed by atoms with Crippen molar-refractivity contribution in [3.63, 3.8) is 0 Å². The van der Waals surface area contributed by atoms with Gasteiger partial charge in [0, 0.05) is 0 Å². The zero-order valence-electron chi connectivity index (χ0n) is 9.71. The van der Waals surface area contributed by atoms with E-state index in [1.807, 2.05) is 12.1 Å². The summed E-state index contributed by atoms with van der Waals surface area (Å²) in [7, 11) is 2.09. The van der Waals surface area contributed by atoms with Gasteiger partial charge >= 0.3 is 0 Å². The fraction of sp³-hybridized carbons (Fsp3) is 0.417. The van der Waals surface area contributed by atoms with Crippen LogP contribution in [0.3, 0.4) is 0 Å². The van der Waals surface area contributed by atoms with E-state index in [0.717, 1.165) is 30.7 Å². The Kier molecular flexibility index (Phi) is 2.40. The first-order valence-electron chi connectivity index (χ1n) is 5.80. The van der Waals surface area contributed by atoms with Crippen LogP contribution in [0.1, 0.15) is 35.2 Å². The molecule has 0 spiro atoms. The highest BCUT2D eigenvalue weighted by Crippen LogP contribution is 2.28. The van der Waals surface area contributed by atoms with E-state index in [4.69, 9.17) is 0 Å². The van der Waals surface area contributed by atoms with E-state index in [1.54, 1.807) is 10.6 Å². The number of rotatable bonds is 2. The third kappa shape index (κ3) is 1.63. The van der Waals surface area contributed by atoms with Crippen molar-refractivity contribution in [3.05, 3.63) is 29.7 Å². The summed E-state index contributed by atoms with van der Waals surface area (Å²) in [5.74, 6) is 0.819. The fourth-order valence-corrected chi connectivity index (χ4v) is 2.41. The lowest BCUT2D eigenvalue weighted by Gasteiger charge is -2.15. The van der Waals surface area contributed by atoms with Crippen LogP contribution in [0, 0.1) is 0 Å². The van der Waals surface area contributed by atoms with E-state index in [-0.39, 0.29) is 6.04 Å². The molecule has 17 heavy (non-hydrogen) atoms. The Morgan fingerprint density at radius 1 is 1.47 bits per heavy atom. The molecule has 5 heteroatoms. The van der Waals surface area contributed by atoms with Crippen molar-refractivity contribution in [1.29, 1.82) is 0 Å². The normalized spacial score (nSPS) is 21.1. The van der Waals surface area contributed by atoms with Crippen LogP contribution >= 0.6 is 0 Å². The topological polar surface area (TPSA) is 50.5 Å². The second kappa shape index (κ2) is 3.92. The van der Waals surface area contributed by atoms with Crippen molar-refractivity contribution in [2.45, 2.75) is 18.9 Å². The van der Waals surface area contributed by atoms with Gasteiger partial charge in [-0.15, -0.1) is 5.10 Å². The second-order valence-electron chi connectivity index (χ2n) is 4.45. The molecule has 0 aromatic carbocycles. The van der Waals surface area contributed by atoms with Crippen LogP contribution in [0.15, 0.2) is 18.2 Å². The van der Waals surface area contributed by atoms with E-state index >= 15 is 0 Å². The van der Waals surface area contributed by atoms with Crippen molar-refractivity contribution < 1.29 is 4.79 Å². The first-order chi connectivity index (χ1) is 8.29. The molecule has 1 fully saturated rings. The standard InChI is InChI=1S/C12H14N4O/c1-15-7-3-5-10(15)12-13-11-6-2-4-9(8-17)16(11)14-12/h2,4,6,8,10H,3,5,7H2,1H3. The summed E-state index contributed by atoms with van der Waals surface area (Å²) in [5.41, 5.74) is 1.28. The Labute approximate surface area is 99.1 Å². The lowest BCUT2D eigenvalue weighted by molar-refractivity contribution is 0.111. The summed E-state index contributed by atoms with van der Waals surface area (Å²) in [6, 6.07) is 5.74. The molecule has 1 atom stereocenters. The Morgan fingerprint density at radius 3 is 3.06 bits per heavy atom. The minimum Gasteiger partial charge on any atom is -0.296 e. The molecule has 1 saturated heterocycles. The van der Waals surface area contributed by atoms with Crippen LogP contribution in [-0.4, -0.2) is 39.4 Å². The van der Waals surface area contributed by atoms with Crippen LogP contribution in [0.2, 0.25) is 0 Å². The number of hydrogen-bond acceptors (Lipinski definition) is 4. The van der Waals surface area contributed by atoms with Crippen molar-refractivity contribution in [2.75, 3.05) is 13.6 Å². The van der Waals surface area contributed by atoms with Crippen LogP contribution in [0.25, 0.3) is 5.65 Å². The molecule has 2 aromatic heterocycles. The van der Waals surface area contributed by atoms with Gasteiger partial charge in [-0.05, 0) is 38.6 Å². The molecule has 0 saturated carbocycles. The van der Waals surface area contributed by atoms with Gasteiger partial charge in [0.1, 0.15) is 5.69 Å². The fourth-order valence-electron chi connectivity index (χ4n) is 2.41. The maximum Gasteiger partial charge on any atom is 0.168 e. The number of hydrogen-bond donors (Lipinski definition) is 0. The average molecular weight is 230 g/mol. The van der Waals surface area contributed by atoms with Crippen molar-refractivity contribution in [3.8, 4) is 0 Å². The van der Waals surface area contributed by atoms with Crippen LogP contribution in [0.4, 0.5) is 0 Å². The lowest BCUT2D eigenvalue weighted by atomic mass is 10.2. The summed E-state index contributed by atoms with van der Waals surface area (Å²) < 4.78 is 1.62. The SMILES string of the molecule is CN1CCCC1c1nc2cccc(C=O)n2n1. The molecule has 0 amide bonds. The van der Waals surface area contributed by atoms with Crippen LogP contribution in [0.5, 0.6) is 0 Å². The summed E-state index contributed by atoms with van der Waals surface area (Å²) in [4.78, 5) is 17.7. The predicted molar refractivity (Wildman–Crippen MR) is 63.0 cm³/mol. The van der Waals surface area contributed by atoms with Gasteiger partial charge in [0.2, 0.25) is 0 Å². The third-order valence-electron chi connectivity index (χ3n) is 3.34. The van der Waals surface area contributed by atoms with E-state index in [9.17, 15) is 4.79 Å². The van der Waals surface area contributed by atoms with Crippen molar-refractivity contribution >= 4 is 11.9 Å². The molecule has 0 aliphatic carbocycles. The first-order valence-corrected chi connectivity index (χ1v) is 5.80. The molecule has 2 aromatic rings. The summed E-state index contributed by atoms with van der Waals surface area (Å²) in [5, 5.41) is 4.45. The number of nitrogens with zero attached hydrogens (tertiary/aromatic N) is 4. The van der Waals surface area contributed by atoms with Gasteiger partial charge < -0.3 is 0 Å². The highest BCUT2D eigenvalue weighted by atomic mass is 16.1. The smallest absolute Gasteiger partial charge is 0.168 e. The van der Waals surface area contributed by atoms with E-state index < -0.39 is 0 Å². The highest BCUT2D eigenvalue weighted by molar-refractivity contribution is 5.73. The van der Waals surface area contributed by atoms with Crippen molar-refractivity contribution in [1.82, 2.24) is 19.5 Å². The lowest BCUT2D eigenvalue weighted by Crippen LogP contribution is -2.18. The summed E-state index contributed by atoms with van der Waals surface area (Å²) in [6.07, 6.45) is 3.07. The number of aldehydes is 1. The molecular formula is C12H14N4O. The molecule has 1 aliphatic heterocycles. The first kappa shape index (κ1) is 10.4. The minimum absolute atomic E-state index is 0.286. The monoisotopic (exact) mass is 230 g/mol. The molecule has 88 valence electrons. The number of aromatic nitrogens is 3. The Morgan fingerprint density at radius 2 is 2.35 bits per heavy atom. The van der Waals surface area contributed by atoms with E-state index in [2.05, 4.69) is 22.0 Å². The highest BCUT2D eigenvalue weighted by Gasteiger charge is 2.26. The van der Waals surface area contributed by atoms with Gasteiger partial charge in [0.05, 0.1) is 6.04 Å². The van der Waals surface area contributed by atoms with Gasteiger partial charge in [-0.2, -0.15) is 0 Å². The predicted octanol–water partition coefficient (Wildman–Crippen LogP) is 1.31. The van der Waals surface area contributed by atoms with Gasteiger partial charge in [-0.3, -0.25) is 9.69 Å². The zero-order chi connectivity index (χ0) is 11.8. The maximum atomic E-state index is 10.9. The molecule has 0 radical (unpaired) electrons. The third-order valence-corrected chi connectivity index (χ3v) is 3.34. The summed E-state index contributed by atoms with van der Waals surface area (Å²) >= 11 is 0. The number of carbonyl (C=O) groups is 1. The Balaban J connectivity index is 2.10. The maximum absolute atomic E-state index is 10.9. The largest absolute Gasteiger partial charge is 0.296 e. The quantitative estimate of drug-likeness (QED) is 0.730. The number of carbonyl (C=O) groups excluding carboxylic acids is 1. The van der Waals surface area contributed by atoms with E-state index in [1.165, 1.54) is 6.42 Å². The zero-order valence-corrected chi connectivity index (χ0v) is 9.71. The minimum atomic E-state index is 0.286. The molecule has 0 N–H and O–H groups in total. The molecule has 1 unspecified atom stereocenters. The van der Waals surface area contributed by atoms with Crippen LogP contribution in [-0.2, 0) is 0 Å². The molecule has 1 aliphatic rings. The molecule has 5 nitrogen and oxygen atoms in total. The number of fused-ring (bicyclic) bond motifs is 1. The van der Waals surface area contributed by atoms with E-state index in [0.29, 0.717) is 5.69 Å². The Hall–Kier alpha value is -1.75. The van der Waals surface area contributed by atoms with Gasteiger partial charge in [-0.1, -0.05) is 6.07 Å². The van der Waals surface area contributed by atoms with Crippen molar-refractivity contribution in [2.24, 2.45) is 0 Å². The molecular weight excluding hydrogens is 216 g/mol. The van der Waals surface area contributed by atoms with Gasteiger partial charge in [0.15, 0.2) is 17.8 Å². The number of pyridine rings is 1. The van der Waals surface area contributed by atoms with Gasteiger partial charge in [-0.25, -0.2) is 9.50 Å². The molecule has 0 bridgehead atoms. The average Bonchev–Trinajstić information content (AvgIpc) is 2.93. The Bertz CT molecular complexity index is 563. The molecule has 3 rings (SSSR count). The summed E-state index contributed by atoms with van der Waals surface area (Å²) in [6.45, 7) is 1.08. The van der Waals surface area contributed by atoms with Crippen LogP contribution < -0.4 is 0 Å².